The number of amides is 2. The quantitative estimate of drug-likeness (QED) is 0.616. The Morgan fingerprint density at radius 2 is 1.73 bits per heavy atom. The van der Waals surface area contributed by atoms with Crippen LogP contribution < -0.4 is 20.7 Å². The molecule has 0 bridgehead atoms. The van der Waals surface area contributed by atoms with Crippen LogP contribution in [0, 0.1) is 5.82 Å². The van der Waals surface area contributed by atoms with Gasteiger partial charge in [0.05, 0.1) is 12.1 Å². The summed E-state index contributed by atoms with van der Waals surface area (Å²) in [6, 6.07) is 7.04. The maximum absolute atomic E-state index is 13.5. The van der Waals surface area contributed by atoms with E-state index in [1.54, 1.807) is 12.1 Å². The van der Waals surface area contributed by atoms with E-state index in [4.69, 9.17) is 16.3 Å². The number of carbonyl (C=O) groups is 1. The van der Waals surface area contributed by atoms with Gasteiger partial charge < -0.3 is 15.4 Å². The predicted molar refractivity (Wildman–Crippen MR) is 116 cm³/mol. The van der Waals surface area contributed by atoms with Crippen LogP contribution in [0.2, 0.25) is 5.02 Å². The Bertz CT molecular complexity index is 914. The Balaban J connectivity index is 1.38. The maximum Gasteiger partial charge on any atom is 0.320 e. The Kier molecular flexibility index (Phi) is 6.39. The molecule has 1 aromatic heterocycles. The number of methoxy groups -OCH3 is 1. The molecule has 3 N–H and O–H groups in total. The standard InChI is InChI=1S/C22H26ClFN4O2/c1-30-20-10-13(24)2-9-17(20)18-11-21(25-12-19(18)23)28-22(29)27-16-7-5-15(6-8-16)26-14-3-4-14/h2,9-12,14-16,26H,3-8H2,1H3,(H2,25,27,28,29). The monoisotopic (exact) mass is 432 g/mol. The summed E-state index contributed by atoms with van der Waals surface area (Å²) < 4.78 is 18.8. The lowest BCUT2D eigenvalue weighted by Crippen LogP contribution is -2.44. The molecule has 0 saturated heterocycles. The van der Waals surface area contributed by atoms with Crippen LogP contribution in [0.3, 0.4) is 0 Å². The fourth-order valence-corrected chi connectivity index (χ4v) is 4.13. The topological polar surface area (TPSA) is 75.3 Å². The number of urea groups is 1. The van der Waals surface area contributed by atoms with Crippen molar-refractivity contribution in [3.8, 4) is 16.9 Å². The van der Waals surface area contributed by atoms with Crippen molar-refractivity contribution in [3.05, 3.63) is 41.3 Å². The average Bonchev–Trinajstić information content (AvgIpc) is 3.55. The summed E-state index contributed by atoms with van der Waals surface area (Å²) in [5.41, 5.74) is 1.22. The van der Waals surface area contributed by atoms with Crippen LogP contribution in [0.25, 0.3) is 11.1 Å². The molecule has 1 heterocycles. The fraction of sp³-hybridized carbons (Fsp3) is 0.455. The highest BCUT2D eigenvalue weighted by Gasteiger charge is 2.28. The second-order valence-corrected chi connectivity index (χ2v) is 8.39. The van der Waals surface area contributed by atoms with Crippen molar-refractivity contribution < 1.29 is 13.9 Å². The number of halogens is 2. The zero-order valence-corrected chi connectivity index (χ0v) is 17.6. The van der Waals surface area contributed by atoms with Crippen LogP contribution in [0.15, 0.2) is 30.5 Å². The summed E-state index contributed by atoms with van der Waals surface area (Å²) in [6.07, 6.45) is 8.13. The molecule has 0 radical (unpaired) electrons. The highest BCUT2D eigenvalue weighted by atomic mass is 35.5. The number of pyridine rings is 1. The molecule has 2 saturated carbocycles. The third kappa shape index (κ3) is 5.21. The molecule has 1 aromatic carbocycles. The third-order valence-corrected chi connectivity index (χ3v) is 5.96. The fourth-order valence-electron chi connectivity index (χ4n) is 3.93. The number of carbonyl (C=O) groups excluding carboxylic acids is 1. The van der Waals surface area contributed by atoms with Gasteiger partial charge in [-0.2, -0.15) is 0 Å². The van der Waals surface area contributed by atoms with E-state index < -0.39 is 5.82 Å². The highest BCUT2D eigenvalue weighted by molar-refractivity contribution is 6.33. The average molecular weight is 433 g/mol. The maximum atomic E-state index is 13.5. The van der Waals surface area contributed by atoms with Crippen LogP contribution in [-0.4, -0.2) is 36.3 Å². The summed E-state index contributed by atoms with van der Waals surface area (Å²) in [6.45, 7) is 0. The summed E-state index contributed by atoms with van der Waals surface area (Å²) >= 11 is 6.30. The molecule has 6 nitrogen and oxygen atoms in total. The first kappa shape index (κ1) is 20.9. The van der Waals surface area contributed by atoms with Gasteiger partial charge >= 0.3 is 6.03 Å². The zero-order valence-electron chi connectivity index (χ0n) is 16.9. The van der Waals surface area contributed by atoms with E-state index in [2.05, 4.69) is 20.9 Å². The van der Waals surface area contributed by atoms with E-state index in [9.17, 15) is 9.18 Å². The number of nitrogens with one attached hydrogen (secondary N) is 3. The molecule has 30 heavy (non-hydrogen) atoms. The number of hydrogen-bond acceptors (Lipinski definition) is 4. The Labute approximate surface area is 180 Å². The summed E-state index contributed by atoms with van der Waals surface area (Å²) in [7, 11) is 1.47. The molecule has 2 aliphatic rings. The molecule has 2 fully saturated rings. The van der Waals surface area contributed by atoms with E-state index in [1.807, 2.05) is 0 Å². The first-order valence-corrected chi connectivity index (χ1v) is 10.7. The van der Waals surface area contributed by atoms with Crippen molar-refractivity contribution >= 4 is 23.4 Å². The van der Waals surface area contributed by atoms with Gasteiger partial charge in [0, 0.05) is 41.5 Å². The minimum absolute atomic E-state index is 0.159. The minimum Gasteiger partial charge on any atom is -0.496 e. The molecule has 0 aliphatic heterocycles. The molecule has 0 spiro atoms. The van der Waals surface area contributed by atoms with Crippen molar-refractivity contribution in [2.75, 3.05) is 12.4 Å². The van der Waals surface area contributed by atoms with Crippen LogP contribution in [0.5, 0.6) is 5.75 Å². The second-order valence-electron chi connectivity index (χ2n) is 7.98. The lowest BCUT2D eigenvalue weighted by molar-refractivity contribution is 0.240. The Morgan fingerprint density at radius 1 is 1.07 bits per heavy atom. The van der Waals surface area contributed by atoms with Gasteiger partial charge in [0.25, 0.3) is 0 Å². The first-order chi connectivity index (χ1) is 14.5. The van der Waals surface area contributed by atoms with Gasteiger partial charge in [-0.1, -0.05) is 11.6 Å². The van der Waals surface area contributed by atoms with E-state index in [1.165, 1.54) is 38.3 Å². The van der Waals surface area contributed by atoms with E-state index in [0.29, 0.717) is 39.8 Å². The lowest BCUT2D eigenvalue weighted by atomic mass is 9.91. The number of benzene rings is 1. The van der Waals surface area contributed by atoms with Gasteiger partial charge in [-0.3, -0.25) is 5.32 Å². The Morgan fingerprint density at radius 3 is 2.40 bits per heavy atom. The smallest absolute Gasteiger partial charge is 0.320 e. The molecule has 0 unspecified atom stereocenters. The second kappa shape index (κ2) is 9.18. The molecule has 160 valence electrons. The van der Waals surface area contributed by atoms with Gasteiger partial charge in [0.2, 0.25) is 0 Å². The predicted octanol–water partition coefficient (Wildman–Crippen LogP) is 4.73. The van der Waals surface area contributed by atoms with Crippen LogP contribution >= 0.6 is 11.6 Å². The van der Waals surface area contributed by atoms with Crippen molar-refractivity contribution in [1.82, 2.24) is 15.6 Å². The van der Waals surface area contributed by atoms with Crippen molar-refractivity contribution in [3.63, 3.8) is 0 Å². The normalized spacial score (nSPS) is 21.2. The number of hydrogen-bond donors (Lipinski definition) is 3. The molecule has 2 amide bonds. The summed E-state index contributed by atoms with van der Waals surface area (Å²) in [4.78, 5) is 16.7. The summed E-state index contributed by atoms with van der Waals surface area (Å²) in [5.74, 6) is 0.318. The van der Waals surface area contributed by atoms with Gasteiger partial charge in [0.1, 0.15) is 17.4 Å². The van der Waals surface area contributed by atoms with Gasteiger partial charge in [-0.05, 0) is 56.7 Å². The van der Waals surface area contributed by atoms with Crippen molar-refractivity contribution in [2.45, 2.75) is 56.7 Å². The highest BCUT2D eigenvalue weighted by Crippen LogP contribution is 2.36. The Hall–Kier alpha value is -2.38. The van der Waals surface area contributed by atoms with Gasteiger partial charge in [-0.25, -0.2) is 14.2 Å². The number of nitrogens with zero attached hydrogens (tertiary/aromatic N) is 1. The number of rotatable bonds is 6. The number of aromatic nitrogens is 1. The largest absolute Gasteiger partial charge is 0.496 e. The lowest BCUT2D eigenvalue weighted by Gasteiger charge is -2.29. The molecular weight excluding hydrogens is 407 g/mol. The van der Waals surface area contributed by atoms with Gasteiger partial charge in [-0.15, -0.1) is 0 Å². The van der Waals surface area contributed by atoms with Crippen molar-refractivity contribution in [1.29, 1.82) is 0 Å². The van der Waals surface area contributed by atoms with Crippen LogP contribution in [0.1, 0.15) is 38.5 Å². The number of ether oxygens (including phenoxy) is 1. The molecule has 0 atom stereocenters. The molecular formula is C22H26ClFN4O2. The summed E-state index contributed by atoms with van der Waals surface area (Å²) in [5, 5.41) is 9.86. The molecule has 2 aromatic rings. The molecule has 8 heteroatoms. The van der Waals surface area contributed by atoms with Crippen molar-refractivity contribution in [2.24, 2.45) is 0 Å². The first-order valence-electron chi connectivity index (χ1n) is 10.3. The molecule has 2 aliphatic carbocycles. The van der Waals surface area contributed by atoms with E-state index in [-0.39, 0.29) is 12.1 Å². The van der Waals surface area contributed by atoms with Gasteiger partial charge in [0.15, 0.2) is 0 Å². The van der Waals surface area contributed by atoms with E-state index >= 15 is 0 Å². The van der Waals surface area contributed by atoms with E-state index in [0.717, 1.165) is 25.7 Å². The van der Waals surface area contributed by atoms with Crippen LogP contribution in [0.4, 0.5) is 15.0 Å². The third-order valence-electron chi connectivity index (χ3n) is 5.66. The minimum atomic E-state index is -0.402. The molecule has 4 rings (SSSR count). The number of anilines is 1. The SMILES string of the molecule is COc1cc(F)ccc1-c1cc(NC(=O)NC2CCC(NC3CC3)CC2)ncc1Cl. The zero-order chi connectivity index (χ0) is 21.1. The van der Waals surface area contributed by atoms with Crippen LogP contribution in [-0.2, 0) is 0 Å².